The van der Waals surface area contributed by atoms with Gasteiger partial charge in [-0.2, -0.15) is 15.0 Å². The molecule has 2 aromatic rings. The number of hydrogen-bond acceptors (Lipinski definition) is 8. The summed E-state index contributed by atoms with van der Waals surface area (Å²) < 4.78 is 28.3. The first kappa shape index (κ1) is 19.5. The Bertz CT molecular complexity index is 931. The van der Waals surface area contributed by atoms with Crippen molar-refractivity contribution in [2.75, 3.05) is 24.7 Å². The minimum Gasteiger partial charge on any atom is -0.368 e. The number of aryl methyl sites for hydroxylation is 1. The molecule has 0 aliphatic heterocycles. The number of hydrogen-bond donors (Lipinski definition) is 1. The normalized spacial score (nSPS) is 15.9. The average Bonchev–Trinajstić information content (AvgIpc) is 2.91. The van der Waals surface area contributed by atoms with Gasteiger partial charge in [0, 0.05) is 25.8 Å². The van der Waals surface area contributed by atoms with Crippen LogP contribution in [-0.2, 0) is 15.6 Å². The zero-order valence-corrected chi connectivity index (χ0v) is 17.1. The van der Waals surface area contributed by atoms with Crippen LogP contribution in [0.2, 0.25) is 0 Å². The molecule has 0 radical (unpaired) electrons. The molecule has 1 aliphatic carbocycles. The highest BCUT2D eigenvalue weighted by Gasteiger charge is 2.30. The molecule has 9 nitrogen and oxygen atoms in total. The van der Waals surface area contributed by atoms with Gasteiger partial charge in [-0.15, -0.1) is 0 Å². The molecule has 148 valence electrons. The van der Waals surface area contributed by atoms with Gasteiger partial charge < -0.3 is 15.2 Å². The number of sulfone groups is 1. The maximum atomic E-state index is 13.2. The SMILES string of the molecule is Cc1nc(S(=O)(=O)Cc2nc(N)nc(N(C)C)n2)n(C2CCCCC2)c1C. The maximum Gasteiger partial charge on any atom is 0.229 e. The lowest BCUT2D eigenvalue weighted by molar-refractivity contribution is 0.329. The van der Waals surface area contributed by atoms with Gasteiger partial charge in [-0.05, 0) is 26.7 Å². The average molecular weight is 394 g/mol. The van der Waals surface area contributed by atoms with Crippen LogP contribution < -0.4 is 10.6 Å². The summed E-state index contributed by atoms with van der Waals surface area (Å²) in [6.45, 7) is 3.78. The second kappa shape index (κ2) is 7.41. The zero-order chi connectivity index (χ0) is 19.8. The Morgan fingerprint density at radius 1 is 1.07 bits per heavy atom. The molecule has 1 saturated carbocycles. The summed E-state index contributed by atoms with van der Waals surface area (Å²) in [5, 5.41) is 0.106. The van der Waals surface area contributed by atoms with Crippen molar-refractivity contribution in [3.05, 3.63) is 17.2 Å². The van der Waals surface area contributed by atoms with Crippen LogP contribution in [0.15, 0.2) is 5.16 Å². The molecule has 2 N–H and O–H groups in total. The standard InChI is InChI=1S/C17H27N7O2S/c1-11-12(2)24(13-8-6-5-7-9-13)17(19-11)27(25,26)10-14-20-15(18)22-16(21-14)23(3)4/h13H,5-10H2,1-4H3,(H2,18,20,21,22). The summed E-state index contributed by atoms with van der Waals surface area (Å²) >= 11 is 0. The largest absolute Gasteiger partial charge is 0.368 e. The molecule has 1 fully saturated rings. The van der Waals surface area contributed by atoms with Crippen LogP contribution in [0.4, 0.5) is 11.9 Å². The molecule has 2 heterocycles. The van der Waals surface area contributed by atoms with E-state index >= 15 is 0 Å². The van der Waals surface area contributed by atoms with Gasteiger partial charge in [0.15, 0.2) is 5.82 Å². The second-order valence-electron chi connectivity index (χ2n) is 7.29. The maximum absolute atomic E-state index is 13.2. The second-order valence-corrected chi connectivity index (χ2v) is 9.17. The fourth-order valence-electron chi connectivity index (χ4n) is 3.51. The number of imidazole rings is 1. The molecule has 0 aromatic carbocycles. The molecule has 3 rings (SSSR count). The van der Waals surface area contributed by atoms with Gasteiger partial charge in [-0.3, -0.25) is 0 Å². The summed E-state index contributed by atoms with van der Waals surface area (Å²) in [7, 11) is -0.210. The summed E-state index contributed by atoms with van der Waals surface area (Å²) in [6.07, 6.45) is 5.36. The van der Waals surface area contributed by atoms with Crippen molar-refractivity contribution in [2.45, 2.75) is 62.9 Å². The molecular weight excluding hydrogens is 366 g/mol. The van der Waals surface area contributed by atoms with E-state index in [1.54, 1.807) is 19.0 Å². The first-order chi connectivity index (χ1) is 12.7. The third-order valence-electron chi connectivity index (χ3n) is 4.98. The Labute approximate surface area is 160 Å². The highest BCUT2D eigenvalue weighted by atomic mass is 32.2. The number of aromatic nitrogens is 5. The fraction of sp³-hybridized carbons (Fsp3) is 0.647. The van der Waals surface area contributed by atoms with Gasteiger partial charge in [-0.25, -0.2) is 13.4 Å². The third kappa shape index (κ3) is 4.05. The Balaban J connectivity index is 2.00. The highest BCUT2D eigenvalue weighted by Crippen LogP contribution is 2.33. The molecule has 2 aromatic heterocycles. The van der Waals surface area contributed by atoms with Gasteiger partial charge in [0.05, 0.1) is 5.69 Å². The van der Waals surface area contributed by atoms with Crippen molar-refractivity contribution in [3.63, 3.8) is 0 Å². The van der Waals surface area contributed by atoms with E-state index in [0.29, 0.717) is 5.95 Å². The number of anilines is 2. The minimum absolute atomic E-state index is 0.00174. The summed E-state index contributed by atoms with van der Waals surface area (Å²) in [4.78, 5) is 18.3. The van der Waals surface area contributed by atoms with Crippen LogP contribution in [-0.4, -0.2) is 47.0 Å². The lowest BCUT2D eigenvalue weighted by Gasteiger charge is -2.26. The van der Waals surface area contributed by atoms with E-state index in [9.17, 15) is 8.42 Å². The van der Waals surface area contributed by atoms with Crippen LogP contribution in [0.25, 0.3) is 0 Å². The molecule has 0 atom stereocenters. The van der Waals surface area contributed by atoms with E-state index < -0.39 is 9.84 Å². The molecule has 0 amide bonds. The van der Waals surface area contributed by atoms with Crippen molar-refractivity contribution in [2.24, 2.45) is 0 Å². The van der Waals surface area contributed by atoms with Crippen molar-refractivity contribution in [3.8, 4) is 0 Å². The predicted molar refractivity (Wildman–Crippen MR) is 103 cm³/mol. The van der Waals surface area contributed by atoms with Gasteiger partial charge in [-0.1, -0.05) is 19.3 Å². The van der Waals surface area contributed by atoms with Gasteiger partial charge in [0.2, 0.25) is 26.9 Å². The van der Waals surface area contributed by atoms with E-state index in [4.69, 9.17) is 5.73 Å². The lowest BCUT2D eigenvalue weighted by atomic mass is 9.95. The molecule has 0 spiro atoms. The molecule has 27 heavy (non-hydrogen) atoms. The lowest BCUT2D eigenvalue weighted by Crippen LogP contribution is -2.22. The molecule has 10 heteroatoms. The first-order valence-electron chi connectivity index (χ1n) is 9.15. The highest BCUT2D eigenvalue weighted by molar-refractivity contribution is 7.90. The van der Waals surface area contributed by atoms with Gasteiger partial charge in [0.25, 0.3) is 0 Å². The monoisotopic (exact) mass is 393 g/mol. The quantitative estimate of drug-likeness (QED) is 0.816. The third-order valence-corrected chi connectivity index (χ3v) is 6.46. The zero-order valence-electron chi connectivity index (χ0n) is 16.3. The number of nitrogen functional groups attached to an aromatic ring is 1. The Morgan fingerprint density at radius 3 is 2.37 bits per heavy atom. The Kier molecular flexibility index (Phi) is 5.36. The molecule has 0 bridgehead atoms. The van der Waals surface area contributed by atoms with Crippen molar-refractivity contribution < 1.29 is 8.42 Å². The topological polar surface area (TPSA) is 120 Å². The van der Waals surface area contributed by atoms with Crippen LogP contribution >= 0.6 is 0 Å². The van der Waals surface area contributed by atoms with Crippen LogP contribution in [0.1, 0.15) is 55.4 Å². The van der Waals surface area contributed by atoms with Crippen LogP contribution in [0.5, 0.6) is 0 Å². The van der Waals surface area contributed by atoms with Crippen molar-refractivity contribution in [1.82, 2.24) is 24.5 Å². The fourth-order valence-corrected chi connectivity index (χ4v) is 4.97. The Morgan fingerprint density at radius 2 is 1.74 bits per heavy atom. The van der Waals surface area contributed by atoms with Crippen molar-refractivity contribution in [1.29, 1.82) is 0 Å². The van der Waals surface area contributed by atoms with Crippen LogP contribution in [0.3, 0.4) is 0 Å². The van der Waals surface area contributed by atoms with Gasteiger partial charge >= 0.3 is 0 Å². The van der Waals surface area contributed by atoms with Crippen LogP contribution in [0, 0.1) is 13.8 Å². The summed E-state index contributed by atoms with van der Waals surface area (Å²) in [5.41, 5.74) is 7.37. The van der Waals surface area contributed by atoms with Gasteiger partial charge in [0.1, 0.15) is 5.75 Å². The van der Waals surface area contributed by atoms with E-state index in [-0.39, 0.29) is 28.7 Å². The predicted octanol–water partition coefficient (Wildman–Crippen LogP) is 1.81. The summed E-state index contributed by atoms with van der Waals surface area (Å²) in [5.74, 6) is 0.0978. The van der Waals surface area contributed by atoms with E-state index in [2.05, 4.69) is 19.9 Å². The molecule has 0 saturated heterocycles. The molecular formula is C17H27N7O2S. The van der Waals surface area contributed by atoms with E-state index in [1.165, 1.54) is 6.42 Å². The number of nitrogens with zero attached hydrogens (tertiary/aromatic N) is 6. The van der Waals surface area contributed by atoms with Crippen molar-refractivity contribution >= 4 is 21.7 Å². The molecule has 0 unspecified atom stereocenters. The number of nitrogens with two attached hydrogens (primary N) is 1. The molecule has 1 aliphatic rings. The van der Waals surface area contributed by atoms with E-state index in [1.807, 2.05) is 18.4 Å². The number of rotatable bonds is 5. The minimum atomic E-state index is -3.73. The smallest absolute Gasteiger partial charge is 0.229 e. The Hall–Kier alpha value is -2.23. The summed E-state index contributed by atoms with van der Waals surface area (Å²) in [6, 6.07) is 0.172. The van der Waals surface area contributed by atoms with E-state index in [0.717, 1.165) is 37.1 Å². The first-order valence-corrected chi connectivity index (χ1v) is 10.8.